The van der Waals surface area contributed by atoms with Crippen LogP contribution in [0.25, 0.3) is 5.76 Å². The summed E-state index contributed by atoms with van der Waals surface area (Å²) in [6.07, 6.45) is -1.27. The first-order chi connectivity index (χ1) is 12.3. The number of ketones is 1. The van der Waals surface area contributed by atoms with E-state index in [9.17, 15) is 23.1 Å². The van der Waals surface area contributed by atoms with Crippen LogP contribution in [0.15, 0.2) is 63.4 Å². The van der Waals surface area contributed by atoms with Gasteiger partial charge in [-0.2, -0.15) is 18.3 Å². The third kappa shape index (κ3) is 3.97. The maximum absolute atomic E-state index is 13.0. The number of aromatic nitrogens is 3. The van der Waals surface area contributed by atoms with Crippen molar-refractivity contribution in [3.05, 3.63) is 65.9 Å². The van der Waals surface area contributed by atoms with E-state index in [2.05, 4.69) is 15.2 Å². The van der Waals surface area contributed by atoms with Gasteiger partial charge in [-0.05, 0) is 12.1 Å². The van der Waals surface area contributed by atoms with E-state index in [1.165, 1.54) is 30.6 Å². The number of carbonyl (C=O) groups is 1. The topological polar surface area (TPSA) is 92.0 Å². The van der Waals surface area contributed by atoms with Gasteiger partial charge >= 0.3 is 6.18 Å². The molecule has 10 heteroatoms. The summed E-state index contributed by atoms with van der Waals surface area (Å²) in [6, 6.07) is 6.34. The Bertz CT molecular complexity index is 949. The molecule has 6 nitrogen and oxygen atoms in total. The monoisotopic (exact) mass is 381 g/mol. The Labute approximate surface area is 148 Å². The van der Waals surface area contributed by atoms with Gasteiger partial charge in [-0.15, -0.1) is 0 Å². The first-order valence-corrected chi connectivity index (χ1v) is 7.90. The first kappa shape index (κ1) is 17.8. The highest BCUT2D eigenvalue weighted by atomic mass is 32.2. The van der Waals surface area contributed by atoms with Crippen molar-refractivity contribution in [3.63, 3.8) is 0 Å². The molecule has 2 heterocycles. The number of aliphatic hydroxyl groups excluding tert-OH is 1. The number of alkyl halides is 3. The van der Waals surface area contributed by atoms with Crippen LogP contribution in [0.5, 0.6) is 0 Å². The second-order valence-corrected chi connectivity index (χ2v) is 6.01. The predicted octanol–water partition coefficient (Wildman–Crippen LogP) is 4.35. The standard InChI is InChI=1S/C16H10F3N3O3S/c17-16(18,19)10-3-1-2-4-13(10)26-14-5-9(7-25-14)11(23)6-12(24)15-20-8-21-22-15/h1-8,24H,(H,20,21,22). The Kier molecular flexibility index (Phi) is 4.85. The number of hydrogen-bond donors (Lipinski definition) is 2. The van der Waals surface area contributed by atoms with E-state index in [0.29, 0.717) is 0 Å². The Morgan fingerprint density at radius 3 is 2.77 bits per heavy atom. The molecule has 0 saturated heterocycles. The first-order valence-electron chi connectivity index (χ1n) is 7.08. The number of halogens is 3. The molecule has 0 aliphatic heterocycles. The molecule has 0 spiro atoms. The van der Waals surface area contributed by atoms with Crippen molar-refractivity contribution in [2.75, 3.05) is 0 Å². The van der Waals surface area contributed by atoms with Gasteiger partial charge in [-0.25, -0.2) is 4.98 Å². The maximum Gasteiger partial charge on any atom is 0.417 e. The average molecular weight is 381 g/mol. The third-order valence-corrected chi connectivity index (χ3v) is 4.17. The quantitative estimate of drug-likeness (QED) is 0.388. The lowest BCUT2D eigenvalue weighted by atomic mass is 10.2. The van der Waals surface area contributed by atoms with E-state index < -0.39 is 23.3 Å². The van der Waals surface area contributed by atoms with Gasteiger partial charge in [0.1, 0.15) is 12.6 Å². The summed E-state index contributed by atoms with van der Waals surface area (Å²) in [5.74, 6) is -1.11. The molecule has 3 rings (SSSR count). The molecular formula is C16H10F3N3O3S. The lowest BCUT2D eigenvalue weighted by Gasteiger charge is -2.10. The number of H-pyrrole nitrogens is 1. The van der Waals surface area contributed by atoms with Crippen LogP contribution in [0.4, 0.5) is 13.2 Å². The van der Waals surface area contributed by atoms with E-state index in [4.69, 9.17) is 4.42 Å². The summed E-state index contributed by atoms with van der Waals surface area (Å²) in [6.45, 7) is 0. The number of furan rings is 1. The van der Waals surface area contributed by atoms with E-state index in [1.807, 2.05) is 0 Å². The van der Waals surface area contributed by atoms with Gasteiger partial charge in [-0.3, -0.25) is 9.89 Å². The highest BCUT2D eigenvalue weighted by molar-refractivity contribution is 7.99. The Morgan fingerprint density at radius 1 is 1.31 bits per heavy atom. The predicted molar refractivity (Wildman–Crippen MR) is 85.6 cm³/mol. The maximum atomic E-state index is 13.0. The van der Waals surface area contributed by atoms with Crippen molar-refractivity contribution >= 4 is 23.3 Å². The summed E-state index contributed by atoms with van der Waals surface area (Å²) in [4.78, 5) is 15.7. The van der Waals surface area contributed by atoms with Crippen LogP contribution < -0.4 is 0 Å². The molecule has 0 saturated carbocycles. The zero-order chi connectivity index (χ0) is 18.7. The van der Waals surface area contributed by atoms with Crippen LogP contribution in [0.2, 0.25) is 0 Å². The summed E-state index contributed by atoms with van der Waals surface area (Å²) < 4.78 is 44.2. The molecule has 0 aliphatic carbocycles. The molecule has 26 heavy (non-hydrogen) atoms. The van der Waals surface area contributed by atoms with Gasteiger partial charge in [-0.1, -0.05) is 23.9 Å². The molecular weight excluding hydrogens is 371 g/mol. The molecule has 134 valence electrons. The molecule has 0 fully saturated rings. The number of aliphatic hydroxyl groups is 1. The lowest BCUT2D eigenvalue weighted by molar-refractivity contribution is -0.139. The van der Waals surface area contributed by atoms with Crippen LogP contribution in [-0.2, 0) is 6.18 Å². The largest absolute Gasteiger partial charge is 0.504 e. The van der Waals surface area contributed by atoms with Crippen molar-refractivity contribution < 1.29 is 27.5 Å². The van der Waals surface area contributed by atoms with Gasteiger partial charge in [0.2, 0.25) is 5.82 Å². The molecule has 2 N–H and O–H groups in total. The Balaban J connectivity index is 1.79. The number of benzene rings is 1. The van der Waals surface area contributed by atoms with Gasteiger partial charge in [0, 0.05) is 17.0 Å². The van der Waals surface area contributed by atoms with E-state index in [0.717, 1.165) is 30.2 Å². The Hall–Kier alpha value is -3.01. The molecule has 0 radical (unpaired) electrons. The van der Waals surface area contributed by atoms with Gasteiger partial charge < -0.3 is 9.52 Å². The highest BCUT2D eigenvalue weighted by Crippen LogP contribution is 2.39. The second-order valence-electron chi connectivity index (χ2n) is 4.97. The van der Waals surface area contributed by atoms with Crippen LogP contribution in [-0.4, -0.2) is 26.1 Å². The van der Waals surface area contributed by atoms with Gasteiger partial charge in [0.25, 0.3) is 0 Å². The van der Waals surface area contributed by atoms with Crippen molar-refractivity contribution in [2.24, 2.45) is 0 Å². The van der Waals surface area contributed by atoms with Gasteiger partial charge in [0.15, 0.2) is 16.6 Å². The van der Waals surface area contributed by atoms with Crippen LogP contribution in [0, 0.1) is 0 Å². The van der Waals surface area contributed by atoms with Crippen molar-refractivity contribution in [3.8, 4) is 0 Å². The molecule has 2 aromatic heterocycles. The van der Waals surface area contributed by atoms with Gasteiger partial charge in [0.05, 0.1) is 11.1 Å². The molecule has 3 aromatic rings. The third-order valence-electron chi connectivity index (χ3n) is 3.17. The van der Waals surface area contributed by atoms with E-state index >= 15 is 0 Å². The molecule has 0 unspecified atom stereocenters. The molecule has 0 amide bonds. The minimum absolute atomic E-state index is 0.0486. The minimum atomic E-state index is -4.50. The highest BCUT2D eigenvalue weighted by Gasteiger charge is 2.33. The summed E-state index contributed by atoms with van der Waals surface area (Å²) in [5.41, 5.74) is -0.726. The Morgan fingerprint density at radius 2 is 2.08 bits per heavy atom. The van der Waals surface area contributed by atoms with E-state index in [-0.39, 0.29) is 21.4 Å². The molecule has 0 aliphatic rings. The number of carbonyl (C=O) groups excluding carboxylic acids is 1. The van der Waals surface area contributed by atoms with Crippen LogP contribution in [0.3, 0.4) is 0 Å². The number of aromatic amines is 1. The molecule has 0 atom stereocenters. The van der Waals surface area contributed by atoms with Crippen molar-refractivity contribution in [1.82, 2.24) is 15.2 Å². The van der Waals surface area contributed by atoms with Crippen LogP contribution in [0.1, 0.15) is 21.7 Å². The van der Waals surface area contributed by atoms with Crippen molar-refractivity contribution in [1.29, 1.82) is 0 Å². The number of nitrogens with zero attached hydrogens (tertiary/aromatic N) is 2. The number of hydrogen-bond acceptors (Lipinski definition) is 6. The summed E-state index contributed by atoms with van der Waals surface area (Å²) in [5, 5.41) is 15.9. The van der Waals surface area contributed by atoms with Crippen molar-refractivity contribution in [2.45, 2.75) is 16.2 Å². The normalized spacial score (nSPS) is 12.3. The fourth-order valence-electron chi connectivity index (χ4n) is 2.00. The SMILES string of the molecule is O=C(C=C(O)c1nc[nH]n1)c1coc(Sc2ccccc2C(F)(F)F)c1. The molecule has 0 bridgehead atoms. The summed E-state index contributed by atoms with van der Waals surface area (Å²) in [7, 11) is 0. The smallest absolute Gasteiger partial charge is 0.417 e. The lowest BCUT2D eigenvalue weighted by Crippen LogP contribution is -2.06. The second kappa shape index (κ2) is 7.08. The molecule has 1 aromatic carbocycles. The zero-order valence-electron chi connectivity index (χ0n) is 12.8. The van der Waals surface area contributed by atoms with E-state index in [1.54, 1.807) is 0 Å². The summed E-state index contributed by atoms with van der Waals surface area (Å²) >= 11 is 0.744. The average Bonchev–Trinajstić information content (AvgIpc) is 3.26. The number of rotatable bonds is 5. The zero-order valence-corrected chi connectivity index (χ0v) is 13.6. The van der Waals surface area contributed by atoms with Crippen LogP contribution >= 0.6 is 11.8 Å². The fourth-order valence-corrected chi connectivity index (χ4v) is 2.94. The number of allylic oxidation sites excluding steroid dienone is 1. The number of nitrogens with one attached hydrogen (secondary N) is 1. The minimum Gasteiger partial charge on any atom is -0.504 e. The fraction of sp³-hybridized carbons (Fsp3) is 0.0625.